The zero-order chi connectivity index (χ0) is 18.5. The van der Waals surface area contributed by atoms with E-state index < -0.39 is 4.92 Å². The van der Waals surface area contributed by atoms with E-state index in [1.54, 1.807) is 30.2 Å². The summed E-state index contributed by atoms with van der Waals surface area (Å²) in [7, 11) is 1.76. The molecule has 2 heterocycles. The fourth-order valence-electron chi connectivity index (χ4n) is 3.00. The van der Waals surface area contributed by atoms with E-state index in [0.717, 1.165) is 0 Å². The van der Waals surface area contributed by atoms with Crippen LogP contribution in [0.2, 0.25) is 0 Å². The fourth-order valence-corrected chi connectivity index (χ4v) is 3.00. The summed E-state index contributed by atoms with van der Waals surface area (Å²) in [5, 5.41) is 10.8. The van der Waals surface area contributed by atoms with Gasteiger partial charge in [-0.05, 0) is 18.7 Å². The second-order valence-corrected chi connectivity index (χ2v) is 6.11. The molecule has 0 spiro atoms. The minimum atomic E-state index is -0.465. The van der Waals surface area contributed by atoms with E-state index in [1.165, 1.54) is 18.3 Å². The summed E-state index contributed by atoms with van der Waals surface area (Å²) in [4.78, 5) is 28.4. The Hall–Kier alpha value is -2.06. The maximum absolute atomic E-state index is 12.4. The van der Waals surface area contributed by atoms with Crippen molar-refractivity contribution >= 4 is 17.7 Å². The molecule has 9 heteroatoms. The van der Waals surface area contributed by atoms with Crippen LogP contribution in [0.25, 0.3) is 6.08 Å². The molecule has 1 aliphatic rings. The molecule has 1 radical (unpaired) electrons. The van der Waals surface area contributed by atoms with Crippen molar-refractivity contribution in [2.45, 2.75) is 6.42 Å². The minimum Gasteiger partial charge on any atom is -0.628 e. The number of hydrogen-bond donors (Lipinski definition) is 0. The van der Waals surface area contributed by atoms with Gasteiger partial charge in [-0.2, -0.15) is 0 Å². The monoisotopic (exact) mass is 445 g/mol. The fraction of sp³-hybridized carbons (Fsp3) is 0.333. The zero-order valence-corrected chi connectivity index (χ0v) is 17.6. The van der Waals surface area contributed by atoms with E-state index in [1.807, 2.05) is 6.08 Å². The van der Waals surface area contributed by atoms with E-state index in [9.17, 15) is 14.9 Å². The van der Waals surface area contributed by atoms with Crippen molar-refractivity contribution in [2.24, 2.45) is 11.8 Å². The van der Waals surface area contributed by atoms with Gasteiger partial charge in [-0.15, -0.1) is 0 Å². The van der Waals surface area contributed by atoms with Crippen molar-refractivity contribution in [2.75, 3.05) is 20.2 Å². The Kier molecular flexibility index (Phi) is 7.68. The molecule has 1 aliphatic heterocycles. The Morgan fingerprint density at radius 3 is 3.04 bits per heavy atom. The molecule has 1 amide bonds. The van der Waals surface area contributed by atoms with E-state index in [2.05, 4.69) is 11.2 Å². The summed E-state index contributed by atoms with van der Waals surface area (Å²) in [5.41, 5.74) is -0.0237. The number of nitro benzene ring substituents is 1. The van der Waals surface area contributed by atoms with Gasteiger partial charge in [0.2, 0.25) is 5.91 Å². The van der Waals surface area contributed by atoms with Crippen LogP contribution < -0.4 is 4.74 Å². The summed E-state index contributed by atoms with van der Waals surface area (Å²) in [5.74, 6) is 0.696. The van der Waals surface area contributed by atoms with Gasteiger partial charge < -0.3 is 19.0 Å². The summed E-state index contributed by atoms with van der Waals surface area (Å²) in [6.07, 6.45) is 8.03. The molecular weight excluding hydrogens is 427 g/mol. The number of nitro groups is 1. The molecule has 8 nitrogen and oxygen atoms in total. The number of carbonyl (C=O) groups excluding carboxylic acids is 1. The molecule has 139 valence electrons. The number of rotatable bonds is 7. The number of benzene rings is 1. The Morgan fingerprint density at radius 1 is 1.52 bits per heavy atom. The molecule has 0 aliphatic carbocycles. The molecule has 1 fully saturated rings. The molecule has 0 unspecified atom stereocenters. The Morgan fingerprint density at radius 2 is 2.33 bits per heavy atom. The first-order valence-electron chi connectivity index (χ1n) is 8.15. The van der Waals surface area contributed by atoms with Gasteiger partial charge in [-0.25, -0.2) is 0 Å². The smallest absolute Gasteiger partial charge is 0.273 e. The van der Waals surface area contributed by atoms with Crippen LogP contribution in [0.5, 0.6) is 5.75 Å². The normalized spacial score (nSPS) is 19.3. The first-order valence-corrected chi connectivity index (χ1v) is 8.15. The van der Waals surface area contributed by atoms with Crippen LogP contribution in [0.15, 0.2) is 41.0 Å². The molecule has 1 aromatic heterocycles. The molecule has 1 saturated heterocycles. The summed E-state index contributed by atoms with van der Waals surface area (Å²) in [6.45, 7) is 0.890. The van der Waals surface area contributed by atoms with E-state index in [-0.39, 0.29) is 56.1 Å². The van der Waals surface area contributed by atoms with Gasteiger partial charge in [0.25, 0.3) is 5.69 Å². The van der Waals surface area contributed by atoms with Crippen LogP contribution in [-0.2, 0) is 37.5 Å². The Balaban J connectivity index is 0.00000261. The Bertz CT molecular complexity index is 809. The summed E-state index contributed by atoms with van der Waals surface area (Å²) < 4.78 is 10.7. The summed E-state index contributed by atoms with van der Waals surface area (Å²) >= 11 is 0. The largest absolute Gasteiger partial charge is 0.628 e. The third kappa shape index (κ3) is 5.46. The average Bonchev–Trinajstić information content (AvgIpc) is 3.24. The number of aromatic nitrogens is 1. The van der Waals surface area contributed by atoms with Gasteiger partial charge in [0.05, 0.1) is 23.5 Å². The van der Waals surface area contributed by atoms with Gasteiger partial charge in [-0.3, -0.25) is 14.9 Å². The van der Waals surface area contributed by atoms with Crippen LogP contribution in [0.4, 0.5) is 5.69 Å². The average molecular weight is 445 g/mol. The third-order valence-corrected chi connectivity index (χ3v) is 4.32. The Labute approximate surface area is 181 Å². The summed E-state index contributed by atoms with van der Waals surface area (Å²) in [6, 6.07) is 6.04. The van der Waals surface area contributed by atoms with Crippen molar-refractivity contribution < 1.29 is 51.6 Å². The molecule has 0 bridgehead atoms. The number of amides is 1. The standard InChI is InChI=1S/C18H18N3O5.Y/c1-20-11-13(12-26-15-5-2-4-14(10-15)21(23)24)16(18(20)22)6-3-7-17-19-8-9-25-17;/h2-5,7-8,10,13,16H,6,11-12H2,1H3;/q-1;/b7-3-;/t13-,16-;/m1./s1. The first-order chi connectivity index (χ1) is 12.5. The van der Waals surface area contributed by atoms with Gasteiger partial charge >= 0.3 is 0 Å². The molecule has 27 heavy (non-hydrogen) atoms. The number of ether oxygens (including phenoxy) is 1. The molecular formula is C18H18N3O5Y-. The molecule has 3 rings (SSSR count). The number of likely N-dealkylation sites (tertiary alicyclic amines) is 1. The first kappa shape index (κ1) is 21.2. The molecule has 2 atom stereocenters. The SMILES string of the molecule is CN1C[C@H](COc2cccc([N+](=O)[O-])c2)[C@@H](C/C=C\c2nc[c-]o2)C1=O.[Y]. The van der Waals surface area contributed by atoms with E-state index in [0.29, 0.717) is 31.2 Å². The van der Waals surface area contributed by atoms with Gasteiger partial charge in [-0.1, -0.05) is 24.5 Å². The number of nitrogens with zero attached hydrogens (tertiary/aromatic N) is 3. The van der Waals surface area contributed by atoms with Crippen molar-refractivity contribution in [3.63, 3.8) is 0 Å². The molecule has 1 aromatic carbocycles. The van der Waals surface area contributed by atoms with Gasteiger partial charge in [0.15, 0.2) is 0 Å². The van der Waals surface area contributed by atoms with Crippen LogP contribution >= 0.6 is 0 Å². The second kappa shape index (κ2) is 9.76. The van der Waals surface area contributed by atoms with Crippen molar-refractivity contribution in [3.8, 4) is 5.75 Å². The van der Waals surface area contributed by atoms with Crippen LogP contribution in [0.3, 0.4) is 0 Å². The van der Waals surface area contributed by atoms with E-state index >= 15 is 0 Å². The maximum atomic E-state index is 12.4. The third-order valence-electron chi connectivity index (χ3n) is 4.32. The topological polar surface area (TPSA) is 98.7 Å². The predicted molar refractivity (Wildman–Crippen MR) is 92.2 cm³/mol. The van der Waals surface area contributed by atoms with Crippen LogP contribution in [-0.4, -0.2) is 40.9 Å². The number of non-ortho nitro benzene ring substituents is 1. The van der Waals surface area contributed by atoms with Gasteiger partial charge in [0.1, 0.15) is 5.75 Å². The number of hydrogen-bond acceptors (Lipinski definition) is 6. The van der Waals surface area contributed by atoms with Crippen LogP contribution in [0, 0.1) is 28.2 Å². The minimum absolute atomic E-state index is 0. The molecule has 0 N–H and O–H groups in total. The molecule has 2 aromatic rings. The quantitative estimate of drug-likeness (QED) is 0.369. The zero-order valence-electron chi connectivity index (χ0n) is 14.8. The predicted octanol–water partition coefficient (Wildman–Crippen LogP) is 2.57. The van der Waals surface area contributed by atoms with Gasteiger partial charge in [0, 0.05) is 64.2 Å². The number of oxazole rings is 1. The van der Waals surface area contributed by atoms with Crippen molar-refractivity contribution in [3.05, 3.63) is 58.8 Å². The van der Waals surface area contributed by atoms with Crippen molar-refractivity contribution in [1.29, 1.82) is 0 Å². The second-order valence-electron chi connectivity index (χ2n) is 6.11. The van der Waals surface area contributed by atoms with E-state index in [4.69, 9.17) is 9.15 Å². The molecule has 0 saturated carbocycles. The number of allylic oxidation sites excluding steroid dienone is 1. The van der Waals surface area contributed by atoms with Crippen molar-refractivity contribution in [1.82, 2.24) is 9.88 Å². The van der Waals surface area contributed by atoms with Crippen LogP contribution in [0.1, 0.15) is 12.3 Å². The maximum Gasteiger partial charge on any atom is 0.273 e. The number of carbonyl (C=O) groups is 1.